The Bertz CT molecular complexity index is 443. The summed E-state index contributed by atoms with van der Waals surface area (Å²) in [6.45, 7) is 3.21. The first kappa shape index (κ1) is 15.6. The van der Waals surface area contributed by atoms with Gasteiger partial charge in [0, 0.05) is 11.1 Å². The van der Waals surface area contributed by atoms with Crippen LogP contribution in [0.3, 0.4) is 0 Å². The van der Waals surface area contributed by atoms with E-state index in [0.717, 1.165) is 24.4 Å². The van der Waals surface area contributed by atoms with Crippen LogP contribution in [0, 0.1) is 0 Å². The van der Waals surface area contributed by atoms with Gasteiger partial charge in [0.05, 0.1) is 12.3 Å². The van der Waals surface area contributed by atoms with E-state index in [4.69, 9.17) is 0 Å². The number of rotatable bonds is 9. The largest absolute Gasteiger partial charge is 0.320 e. The quantitative estimate of drug-likeness (QED) is 0.669. The lowest BCUT2D eigenvalue weighted by Gasteiger charge is -2.04. The highest BCUT2D eigenvalue weighted by molar-refractivity contribution is 7.89. The van der Waals surface area contributed by atoms with E-state index >= 15 is 0 Å². The normalized spacial score (nSPS) is 11.9. The van der Waals surface area contributed by atoms with Gasteiger partial charge >= 0.3 is 0 Å². The molecule has 0 unspecified atom stereocenters. The molecule has 7 heteroatoms. The predicted octanol–water partition coefficient (Wildman–Crippen LogP) is 1.12. The molecule has 0 spiro atoms. The van der Waals surface area contributed by atoms with Crippen molar-refractivity contribution in [2.45, 2.75) is 32.7 Å². The van der Waals surface area contributed by atoms with Crippen LogP contribution in [0.2, 0.25) is 0 Å². The summed E-state index contributed by atoms with van der Waals surface area (Å²) >= 11 is 1.56. The van der Waals surface area contributed by atoms with Gasteiger partial charge < -0.3 is 5.32 Å². The molecular formula is C11H21N3O2S2. The van der Waals surface area contributed by atoms with Gasteiger partial charge in [0.25, 0.3) is 0 Å². The van der Waals surface area contributed by atoms with Crippen molar-refractivity contribution in [3.8, 4) is 0 Å². The zero-order valence-corrected chi connectivity index (χ0v) is 12.5. The minimum Gasteiger partial charge on any atom is -0.320 e. The van der Waals surface area contributed by atoms with Gasteiger partial charge in [-0.25, -0.2) is 18.1 Å². The Morgan fingerprint density at radius 2 is 2.17 bits per heavy atom. The lowest BCUT2D eigenvalue weighted by molar-refractivity contribution is 0.575. The number of nitrogens with zero attached hydrogens (tertiary/aromatic N) is 1. The van der Waals surface area contributed by atoms with E-state index in [0.29, 0.717) is 13.0 Å². The third-order valence-electron chi connectivity index (χ3n) is 2.48. The fourth-order valence-corrected chi connectivity index (χ4v) is 3.41. The standard InChI is InChI=1S/C11H21N3O2S2/c1-3-10-8-13-11(17-10)9-14-18(15,16)7-5-4-6-12-2/h8,12,14H,3-7,9H2,1-2H3. The predicted molar refractivity (Wildman–Crippen MR) is 75.3 cm³/mol. The molecule has 1 rings (SSSR count). The molecule has 0 radical (unpaired) electrons. The van der Waals surface area contributed by atoms with Crippen molar-refractivity contribution < 1.29 is 8.42 Å². The summed E-state index contributed by atoms with van der Waals surface area (Å²) in [4.78, 5) is 5.36. The molecule has 1 heterocycles. The van der Waals surface area contributed by atoms with E-state index in [9.17, 15) is 8.42 Å². The lowest BCUT2D eigenvalue weighted by atomic mass is 10.3. The molecule has 0 fully saturated rings. The van der Waals surface area contributed by atoms with Crippen molar-refractivity contribution in [1.29, 1.82) is 0 Å². The van der Waals surface area contributed by atoms with Crippen LogP contribution in [0.5, 0.6) is 0 Å². The number of thiazole rings is 1. The summed E-state index contributed by atoms with van der Waals surface area (Å²) in [6, 6.07) is 0. The van der Waals surface area contributed by atoms with Gasteiger partial charge in [-0.2, -0.15) is 0 Å². The lowest BCUT2D eigenvalue weighted by Crippen LogP contribution is -2.26. The van der Waals surface area contributed by atoms with E-state index in [1.165, 1.54) is 4.88 Å². The molecule has 1 aromatic heterocycles. The van der Waals surface area contributed by atoms with Crippen molar-refractivity contribution in [1.82, 2.24) is 15.0 Å². The molecule has 18 heavy (non-hydrogen) atoms. The first-order chi connectivity index (χ1) is 8.57. The first-order valence-corrected chi connectivity index (χ1v) is 8.59. The Morgan fingerprint density at radius 1 is 1.39 bits per heavy atom. The average Bonchev–Trinajstić information content (AvgIpc) is 2.80. The molecular weight excluding hydrogens is 270 g/mol. The second kappa shape index (κ2) is 7.83. The smallest absolute Gasteiger partial charge is 0.211 e. The minimum absolute atomic E-state index is 0.181. The van der Waals surface area contributed by atoms with Crippen molar-refractivity contribution in [3.05, 3.63) is 16.1 Å². The van der Waals surface area contributed by atoms with E-state index in [1.807, 2.05) is 7.05 Å². The molecule has 0 aliphatic heterocycles. The molecule has 0 atom stereocenters. The van der Waals surface area contributed by atoms with E-state index in [-0.39, 0.29) is 5.75 Å². The fraction of sp³-hybridized carbons (Fsp3) is 0.727. The van der Waals surface area contributed by atoms with E-state index in [2.05, 4.69) is 21.9 Å². The Morgan fingerprint density at radius 3 is 2.78 bits per heavy atom. The van der Waals surface area contributed by atoms with Crippen molar-refractivity contribution in [3.63, 3.8) is 0 Å². The van der Waals surface area contributed by atoms with Crippen molar-refractivity contribution >= 4 is 21.4 Å². The molecule has 104 valence electrons. The number of hydrogen-bond acceptors (Lipinski definition) is 5. The highest BCUT2D eigenvalue weighted by atomic mass is 32.2. The van der Waals surface area contributed by atoms with Crippen molar-refractivity contribution in [2.24, 2.45) is 0 Å². The first-order valence-electron chi connectivity index (χ1n) is 6.13. The second-order valence-electron chi connectivity index (χ2n) is 4.02. The molecule has 0 saturated heterocycles. The number of aromatic nitrogens is 1. The van der Waals surface area contributed by atoms with Gasteiger partial charge in [-0.1, -0.05) is 6.92 Å². The summed E-state index contributed by atoms with van der Waals surface area (Å²) < 4.78 is 26.0. The van der Waals surface area contributed by atoms with Gasteiger partial charge in [0.1, 0.15) is 5.01 Å². The Hall–Kier alpha value is -0.500. The van der Waals surface area contributed by atoms with Crippen LogP contribution >= 0.6 is 11.3 Å². The zero-order valence-electron chi connectivity index (χ0n) is 10.9. The van der Waals surface area contributed by atoms with Gasteiger partial charge in [0.15, 0.2) is 0 Å². The van der Waals surface area contributed by atoms with E-state index < -0.39 is 10.0 Å². The number of sulfonamides is 1. The van der Waals surface area contributed by atoms with Gasteiger partial charge in [0.2, 0.25) is 10.0 Å². The highest BCUT2D eigenvalue weighted by Crippen LogP contribution is 2.13. The summed E-state index contributed by atoms with van der Waals surface area (Å²) in [7, 11) is -1.31. The monoisotopic (exact) mass is 291 g/mol. The molecule has 1 aromatic rings. The molecule has 0 aromatic carbocycles. The Kier molecular flexibility index (Phi) is 6.77. The topological polar surface area (TPSA) is 71.1 Å². The van der Waals surface area contributed by atoms with Crippen LogP contribution in [0.25, 0.3) is 0 Å². The number of unbranched alkanes of at least 4 members (excludes halogenated alkanes) is 1. The van der Waals surface area contributed by atoms with Crippen LogP contribution in [-0.4, -0.2) is 32.7 Å². The number of aryl methyl sites for hydroxylation is 1. The van der Waals surface area contributed by atoms with Crippen LogP contribution < -0.4 is 10.0 Å². The number of nitrogens with one attached hydrogen (secondary N) is 2. The third-order valence-corrected chi connectivity index (χ3v) is 5.03. The maximum absolute atomic E-state index is 11.7. The minimum atomic E-state index is -3.17. The van der Waals surface area contributed by atoms with Crippen molar-refractivity contribution in [2.75, 3.05) is 19.3 Å². The second-order valence-corrected chi connectivity index (χ2v) is 7.15. The molecule has 0 aliphatic carbocycles. The fourth-order valence-electron chi connectivity index (χ4n) is 1.43. The maximum Gasteiger partial charge on any atom is 0.211 e. The molecule has 5 nitrogen and oxygen atoms in total. The van der Waals surface area contributed by atoms with Crippen LogP contribution in [0.15, 0.2) is 6.20 Å². The Labute approximate surface area is 113 Å². The maximum atomic E-state index is 11.7. The summed E-state index contributed by atoms with van der Waals surface area (Å²) in [5, 5.41) is 3.82. The summed E-state index contributed by atoms with van der Waals surface area (Å²) in [5.41, 5.74) is 0. The summed E-state index contributed by atoms with van der Waals surface area (Å²) in [6.07, 6.45) is 4.29. The van der Waals surface area contributed by atoms with E-state index in [1.54, 1.807) is 17.5 Å². The molecule has 0 saturated carbocycles. The van der Waals surface area contributed by atoms with Crippen LogP contribution in [-0.2, 0) is 23.0 Å². The highest BCUT2D eigenvalue weighted by Gasteiger charge is 2.10. The van der Waals surface area contributed by atoms with Gasteiger partial charge in [-0.15, -0.1) is 11.3 Å². The molecule has 0 amide bonds. The van der Waals surface area contributed by atoms with Crippen LogP contribution in [0.1, 0.15) is 29.7 Å². The average molecular weight is 291 g/mol. The molecule has 2 N–H and O–H groups in total. The Balaban J connectivity index is 2.32. The van der Waals surface area contributed by atoms with Gasteiger partial charge in [-0.3, -0.25) is 0 Å². The SMILES string of the molecule is CCc1cnc(CNS(=O)(=O)CCCCNC)s1. The zero-order chi connectivity index (χ0) is 13.4. The molecule has 0 aliphatic rings. The van der Waals surface area contributed by atoms with Gasteiger partial charge in [-0.05, 0) is 32.9 Å². The third kappa shape index (κ3) is 5.90. The molecule has 0 bridgehead atoms. The summed E-state index contributed by atoms with van der Waals surface area (Å²) in [5.74, 6) is 0.181. The number of hydrogen-bond donors (Lipinski definition) is 2. The van der Waals surface area contributed by atoms with Crippen LogP contribution in [0.4, 0.5) is 0 Å².